The van der Waals surface area contributed by atoms with Crippen LogP contribution in [0.1, 0.15) is 34.4 Å². The van der Waals surface area contributed by atoms with Gasteiger partial charge in [-0.1, -0.05) is 30.3 Å². The Balaban J connectivity index is 1.64. The molecule has 1 amide bonds. The number of rotatable bonds is 6. The van der Waals surface area contributed by atoms with Gasteiger partial charge in [0, 0.05) is 23.1 Å². The monoisotopic (exact) mass is 428 g/mol. The van der Waals surface area contributed by atoms with Crippen LogP contribution >= 0.6 is 0 Å². The number of anilines is 1. The van der Waals surface area contributed by atoms with Crippen molar-refractivity contribution in [2.24, 2.45) is 0 Å². The molecule has 0 bridgehead atoms. The van der Waals surface area contributed by atoms with E-state index in [2.05, 4.69) is 12.2 Å². The number of para-hydroxylation sites is 1. The Kier molecular flexibility index (Phi) is 5.95. The fraction of sp³-hybridized carbons (Fsp3) is 0.269. The molecule has 6 heteroatoms. The fourth-order valence-corrected chi connectivity index (χ4v) is 4.08. The molecule has 0 aliphatic heterocycles. The second-order valence-corrected chi connectivity index (χ2v) is 8.05. The van der Waals surface area contributed by atoms with Crippen LogP contribution in [0.2, 0.25) is 0 Å². The molecule has 0 unspecified atom stereocenters. The maximum absolute atomic E-state index is 12.7. The number of ether oxygens (including phenoxy) is 1. The summed E-state index contributed by atoms with van der Waals surface area (Å²) in [5, 5.41) is 8.76. The molecule has 2 aromatic heterocycles. The smallest absolute Gasteiger partial charge is 0.224 e. The number of pyridine rings is 1. The number of nitrogens with one attached hydrogen (secondary N) is 1. The van der Waals surface area contributed by atoms with Gasteiger partial charge < -0.3 is 10.1 Å². The van der Waals surface area contributed by atoms with Gasteiger partial charge in [-0.2, -0.15) is 10.1 Å². The number of aryl methyl sites for hydroxylation is 3. The van der Waals surface area contributed by atoms with Gasteiger partial charge in [0.05, 0.1) is 18.5 Å². The largest absolute Gasteiger partial charge is 0.481 e. The second-order valence-electron chi connectivity index (χ2n) is 8.05. The minimum absolute atomic E-state index is 0.0306. The first-order valence-corrected chi connectivity index (χ1v) is 10.7. The number of hydrogen-bond donors (Lipinski definition) is 1. The highest BCUT2D eigenvalue weighted by Crippen LogP contribution is 2.32. The summed E-state index contributed by atoms with van der Waals surface area (Å²) in [6.07, 6.45) is 0.869. The number of benzene rings is 2. The van der Waals surface area contributed by atoms with E-state index in [0.29, 0.717) is 18.7 Å². The van der Waals surface area contributed by atoms with Crippen LogP contribution in [0.25, 0.3) is 16.7 Å². The molecule has 0 aliphatic rings. The standard InChI is InChI=1S/C26H28N4O2/c1-16-10-9-13-22(17(16)2)27-23(31)15-14-21-18(3)24-19(4)29-30(20-11-7-6-8-12-20)25(24)28-26(21)32-5/h6-13H,14-15H2,1-5H3,(H,27,31). The third-order valence-corrected chi connectivity index (χ3v) is 6.00. The van der Waals surface area contributed by atoms with Crippen molar-refractivity contribution < 1.29 is 9.53 Å². The maximum Gasteiger partial charge on any atom is 0.224 e. The number of amides is 1. The van der Waals surface area contributed by atoms with Gasteiger partial charge in [-0.05, 0) is 69.0 Å². The Labute approximate surface area is 188 Å². The van der Waals surface area contributed by atoms with Crippen LogP contribution in [0.4, 0.5) is 5.69 Å². The van der Waals surface area contributed by atoms with E-state index in [-0.39, 0.29) is 5.91 Å². The lowest BCUT2D eigenvalue weighted by atomic mass is 10.0. The van der Waals surface area contributed by atoms with Gasteiger partial charge in [0.2, 0.25) is 11.8 Å². The van der Waals surface area contributed by atoms with Crippen LogP contribution in [-0.4, -0.2) is 27.8 Å². The van der Waals surface area contributed by atoms with Crippen LogP contribution in [0.15, 0.2) is 48.5 Å². The lowest BCUT2D eigenvalue weighted by molar-refractivity contribution is -0.116. The number of fused-ring (bicyclic) bond motifs is 1. The topological polar surface area (TPSA) is 69.0 Å². The number of hydrogen-bond acceptors (Lipinski definition) is 4. The molecule has 2 aromatic carbocycles. The maximum atomic E-state index is 12.7. The van der Waals surface area contributed by atoms with Crippen molar-refractivity contribution in [2.75, 3.05) is 12.4 Å². The first kappa shape index (κ1) is 21.6. The summed E-state index contributed by atoms with van der Waals surface area (Å²) in [5.74, 6) is 0.503. The van der Waals surface area contributed by atoms with Crippen molar-refractivity contribution in [3.8, 4) is 11.6 Å². The lowest BCUT2D eigenvalue weighted by Gasteiger charge is -2.14. The fourth-order valence-electron chi connectivity index (χ4n) is 4.08. The van der Waals surface area contributed by atoms with Crippen molar-refractivity contribution in [1.29, 1.82) is 0 Å². The van der Waals surface area contributed by atoms with Crippen LogP contribution in [0.3, 0.4) is 0 Å². The third-order valence-electron chi connectivity index (χ3n) is 6.00. The first-order valence-electron chi connectivity index (χ1n) is 10.7. The molecule has 1 N–H and O–H groups in total. The molecule has 0 saturated carbocycles. The van der Waals surface area contributed by atoms with Crippen molar-refractivity contribution in [2.45, 2.75) is 40.5 Å². The molecule has 0 saturated heterocycles. The molecule has 0 atom stereocenters. The second kappa shape index (κ2) is 8.83. The number of carbonyl (C=O) groups is 1. The minimum Gasteiger partial charge on any atom is -0.481 e. The number of carbonyl (C=O) groups excluding carboxylic acids is 1. The highest BCUT2D eigenvalue weighted by Gasteiger charge is 2.20. The van der Waals surface area contributed by atoms with E-state index in [1.54, 1.807) is 7.11 Å². The zero-order valence-corrected chi connectivity index (χ0v) is 19.2. The van der Waals surface area contributed by atoms with E-state index in [0.717, 1.165) is 50.4 Å². The van der Waals surface area contributed by atoms with Gasteiger partial charge in [0.1, 0.15) is 0 Å². The molecule has 0 aliphatic carbocycles. The molecule has 0 radical (unpaired) electrons. The van der Waals surface area contributed by atoms with Gasteiger partial charge in [-0.15, -0.1) is 0 Å². The normalized spacial score (nSPS) is 11.0. The predicted octanol–water partition coefficient (Wildman–Crippen LogP) is 5.23. The van der Waals surface area contributed by atoms with Crippen LogP contribution in [-0.2, 0) is 11.2 Å². The first-order chi connectivity index (χ1) is 15.4. The van der Waals surface area contributed by atoms with Crippen LogP contribution in [0, 0.1) is 27.7 Å². The molecule has 0 spiro atoms. The van der Waals surface area contributed by atoms with Crippen molar-refractivity contribution in [3.63, 3.8) is 0 Å². The van der Waals surface area contributed by atoms with Gasteiger partial charge in [-0.3, -0.25) is 4.79 Å². The SMILES string of the molecule is COc1nc2c(c(C)nn2-c2ccccc2)c(C)c1CCC(=O)Nc1cccc(C)c1C. The quantitative estimate of drug-likeness (QED) is 0.456. The molecular weight excluding hydrogens is 400 g/mol. The molecular formula is C26H28N4O2. The van der Waals surface area contributed by atoms with Gasteiger partial charge in [-0.25, -0.2) is 4.68 Å². The van der Waals surface area contributed by atoms with Crippen LogP contribution < -0.4 is 10.1 Å². The Morgan fingerprint density at radius 2 is 1.75 bits per heavy atom. The van der Waals surface area contributed by atoms with Crippen LogP contribution in [0.5, 0.6) is 5.88 Å². The van der Waals surface area contributed by atoms with Gasteiger partial charge >= 0.3 is 0 Å². The molecule has 164 valence electrons. The van der Waals surface area contributed by atoms with Crippen molar-refractivity contribution >= 4 is 22.6 Å². The van der Waals surface area contributed by atoms with Gasteiger partial charge in [0.15, 0.2) is 5.65 Å². The van der Waals surface area contributed by atoms with Crippen molar-refractivity contribution in [3.05, 3.63) is 76.5 Å². The molecule has 6 nitrogen and oxygen atoms in total. The molecule has 2 heterocycles. The van der Waals surface area contributed by atoms with E-state index < -0.39 is 0 Å². The van der Waals surface area contributed by atoms with E-state index in [1.807, 2.05) is 74.0 Å². The van der Waals surface area contributed by atoms with Gasteiger partial charge in [0.25, 0.3) is 0 Å². The highest BCUT2D eigenvalue weighted by atomic mass is 16.5. The summed E-state index contributed by atoms with van der Waals surface area (Å²) in [6.45, 7) is 8.09. The zero-order valence-electron chi connectivity index (χ0n) is 19.2. The third kappa shape index (κ3) is 3.96. The zero-order chi connectivity index (χ0) is 22.8. The van der Waals surface area contributed by atoms with Crippen molar-refractivity contribution in [1.82, 2.24) is 14.8 Å². The Hall–Kier alpha value is -3.67. The summed E-state index contributed by atoms with van der Waals surface area (Å²) in [6, 6.07) is 15.9. The molecule has 4 aromatic rings. The average Bonchev–Trinajstić information content (AvgIpc) is 3.13. The number of aromatic nitrogens is 3. The Morgan fingerprint density at radius 1 is 1.00 bits per heavy atom. The minimum atomic E-state index is -0.0306. The summed E-state index contributed by atoms with van der Waals surface area (Å²) in [5.41, 5.74) is 7.68. The molecule has 4 rings (SSSR count). The Bertz CT molecular complexity index is 1290. The predicted molar refractivity (Wildman–Crippen MR) is 128 cm³/mol. The summed E-state index contributed by atoms with van der Waals surface area (Å²) >= 11 is 0. The van der Waals surface area contributed by atoms with E-state index in [4.69, 9.17) is 14.8 Å². The average molecular weight is 429 g/mol. The van der Waals surface area contributed by atoms with E-state index in [9.17, 15) is 4.79 Å². The van der Waals surface area contributed by atoms with E-state index in [1.165, 1.54) is 0 Å². The number of nitrogens with zero attached hydrogens (tertiary/aromatic N) is 3. The lowest BCUT2D eigenvalue weighted by Crippen LogP contribution is -2.14. The summed E-state index contributed by atoms with van der Waals surface area (Å²) in [7, 11) is 1.61. The highest BCUT2D eigenvalue weighted by molar-refractivity contribution is 5.92. The number of methoxy groups -OCH3 is 1. The molecule has 32 heavy (non-hydrogen) atoms. The summed E-state index contributed by atoms with van der Waals surface area (Å²) < 4.78 is 7.48. The molecule has 0 fully saturated rings. The Morgan fingerprint density at radius 3 is 2.47 bits per heavy atom. The summed E-state index contributed by atoms with van der Waals surface area (Å²) in [4.78, 5) is 17.5. The van der Waals surface area contributed by atoms with E-state index >= 15 is 0 Å².